The molecule has 0 bridgehead atoms. The Balaban J connectivity index is 1.59. The lowest BCUT2D eigenvalue weighted by molar-refractivity contribution is -0.126. The number of rotatable bonds is 3. The molecule has 19 heavy (non-hydrogen) atoms. The number of nitrogens with one attached hydrogen (secondary N) is 3. The molecular formula is C13H13N3O2S. The summed E-state index contributed by atoms with van der Waals surface area (Å²) in [4.78, 5) is 23.6. The van der Waals surface area contributed by atoms with Crippen molar-refractivity contribution in [1.29, 1.82) is 0 Å². The summed E-state index contributed by atoms with van der Waals surface area (Å²) in [6.07, 6.45) is -0.0566. The molecule has 0 fully saturated rings. The number of ketones is 1. The zero-order chi connectivity index (χ0) is 13.2. The second-order valence-corrected chi connectivity index (χ2v) is 5.48. The molecule has 1 unspecified atom stereocenters. The van der Waals surface area contributed by atoms with Crippen LogP contribution in [0.5, 0.6) is 0 Å². The van der Waals surface area contributed by atoms with Crippen LogP contribution < -0.4 is 16.0 Å². The summed E-state index contributed by atoms with van der Waals surface area (Å²) >= 11 is 1.42. The third-order valence-electron chi connectivity index (χ3n) is 2.91. The smallest absolute Gasteiger partial charge is 0.233 e. The Labute approximate surface area is 114 Å². The molecule has 6 heteroatoms. The predicted molar refractivity (Wildman–Crippen MR) is 72.6 cm³/mol. The van der Waals surface area contributed by atoms with Gasteiger partial charge in [0, 0.05) is 6.54 Å². The van der Waals surface area contributed by atoms with Gasteiger partial charge in [-0.1, -0.05) is 42.1 Å². The van der Waals surface area contributed by atoms with Crippen LogP contribution in [-0.2, 0) is 16.1 Å². The van der Waals surface area contributed by atoms with Gasteiger partial charge in [-0.2, -0.15) is 0 Å². The monoisotopic (exact) mass is 275 g/mol. The van der Waals surface area contributed by atoms with Gasteiger partial charge in [0.1, 0.15) is 11.3 Å². The summed E-state index contributed by atoms with van der Waals surface area (Å²) in [5, 5.41) is 9.08. The fourth-order valence-corrected chi connectivity index (χ4v) is 3.02. The summed E-state index contributed by atoms with van der Waals surface area (Å²) in [5.41, 5.74) is 1.08. The van der Waals surface area contributed by atoms with E-state index >= 15 is 0 Å². The maximum absolute atomic E-state index is 11.7. The zero-order valence-corrected chi connectivity index (χ0v) is 10.9. The second kappa shape index (κ2) is 5.07. The lowest BCUT2D eigenvalue weighted by Crippen LogP contribution is -2.41. The Kier molecular flexibility index (Phi) is 3.27. The average molecular weight is 275 g/mol. The SMILES string of the molecule is O=C1CC(=O)C2=C(N1)NC(NCc1ccccc1)S2. The molecule has 2 aliphatic heterocycles. The third kappa shape index (κ3) is 2.64. The molecule has 2 heterocycles. The van der Waals surface area contributed by atoms with E-state index < -0.39 is 0 Å². The maximum atomic E-state index is 11.7. The third-order valence-corrected chi connectivity index (χ3v) is 4.10. The number of carbonyl (C=O) groups is 2. The average Bonchev–Trinajstić information content (AvgIpc) is 2.81. The quantitative estimate of drug-likeness (QED) is 0.707. The molecule has 1 aromatic carbocycles. The molecule has 1 atom stereocenters. The topological polar surface area (TPSA) is 70.2 Å². The van der Waals surface area contributed by atoms with E-state index in [1.54, 1.807) is 0 Å². The summed E-state index contributed by atoms with van der Waals surface area (Å²) in [7, 11) is 0. The van der Waals surface area contributed by atoms with Crippen molar-refractivity contribution in [2.75, 3.05) is 0 Å². The van der Waals surface area contributed by atoms with Gasteiger partial charge in [0.05, 0.1) is 11.3 Å². The van der Waals surface area contributed by atoms with E-state index in [0.29, 0.717) is 17.3 Å². The minimum absolute atomic E-state index is 0.0566. The molecular weight excluding hydrogens is 262 g/mol. The van der Waals surface area contributed by atoms with Crippen LogP contribution in [0.4, 0.5) is 0 Å². The van der Waals surface area contributed by atoms with Crippen molar-refractivity contribution >= 4 is 23.5 Å². The summed E-state index contributed by atoms with van der Waals surface area (Å²) in [6.45, 7) is 0.703. The largest absolute Gasteiger partial charge is 0.346 e. The summed E-state index contributed by atoms with van der Waals surface area (Å²) in [6, 6.07) is 10.0. The van der Waals surface area contributed by atoms with Gasteiger partial charge in [-0.3, -0.25) is 14.9 Å². The molecule has 3 N–H and O–H groups in total. The first-order chi connectivity index (χ1) is 9.22. The van der Waals surface area contributed by atoms with Crippen LogP contribution in [0.15, 0.2) is 41.1 Å². The van der Waals surface area contributed by atoms with Crippen molar-refractivity contribution in [2.45, 2.75) is 18.5 Å². The van der Waals surface area contributed by atoms with Crippen LogP contribution in [0.2, 0.25) is 0 Å². The standard InChI is InChI=1S/C13H13N3O2S/c17-9-6-10(18)15-12-11(9)19-13(16-12)14-7-8-4-2-1-3-5-8/h1-5,13-14,16H,6-7H2,(H,15,18). The fourth-order valence-electron chi connectivity index (χ4n) is 2.01. The molecule has 0 saturated carbocycles. The molecule has 3 rings (SSSR count). The first kappa shape index (κ1) is 12.3. The van der Waals surface area contributed by atoms with Gasteiger partial charge in [0.15, 0.2) is 5.78 Å². The minimum Gasteiger partial charge on any atom is -0.346 e. The number of amides is 1. The minimum atomic E-state index is -0.249. The predicted octanol–water partition coefficient (Wildman–Crippen LogP) is 0.654. The van der Waals surface area contributed by atoms with Crippen molar-refractivity contribution in [1.82, 2.24) is 16.0 Å². The van der Waals surface area contributed by atoms with E-state index in [2.05, 4.69) is 16.0 Å². The maximum Gasteiger partial charge on any atom is 0.233 e. The number of hydrogen-bond acceptors (Lipinski definition) is 5. The van der Waals surface area contributed by atoms with Gasteiger partial charge in [0.25, 0.3) is 0 Å². The van der Waals surface area contributed by atoms with Gasteiger partial charge in [-0.25, -0.2) is 0 Å². The van der Waals surface area contributed by atoms with E-state index in [0.717, 1.165) is 0 Å². The van der Waals surface area contributed by atoms with E-state index in [4.69, 9.17) is 0 Å². The first-order valence-corrected chi connectivity index (χ1v) is 6.88. The molecule has 0 aromatic heterocycles. The van der Waals surface area contributed by atoms with Crippen LogP contribution in [-0.4, -0.2) is 17.2 Å². The fraction of sp³-hybridized carbons (Fsp3) is 0.231. The molecule has 1 amide bonds. The van der Waals surface area contributed by atoms with Crippen molar-refractivity contribution in [2.24, 2.45) is 0 Å². The summed E-state index contributed by atoms with van der Waals surface area (Å²) < 4.78 is 0. The highest BCUT2D eigenvalue weighted by Gasteiger charge is 2.34. The van der Waals surface area contributed by atoms with Crippen LogP contribution >= 0.6 is 11.8 Å². The van der Waals surface area contributed by atoms with E-state index in [1.165, 1.54) is 17.3 Å². The Morgan fingerprint density at radius 1 is 1.26 bits per heavy atom. The number of hydrogen-bond donors (Lipinski definition) is 3. The van der Waals surface area contributed by atoms with Crippen molar-refractivity contribution in [3.8, 4) is 0 Å². The van der Waals surface area contributed by atoms with E-state index in [1.807, 2.05) is 30.3 Å². The van der Waals surface area contributed by atoms with Crippen molar-refractivity contribution < 1.29 is 9.59 Å². The molecule has 1 aromatic rings. The van der Waals surface area contributed by atoms with Crippen molar-refractivity contribution in [3.63, 3.8) is 0 Å². The molecule has 5 nitrogen and oxygen atoms in total. The zero-order valence-electron chi connectivity index (χ0n) is 10.1. The van der Waals surface area contributed by atoms with E-state index in [9.17, 15) is 9.59 Å². The normalized spacial score (nSPS) is 22.0. The Morgan fingerprint density at radius 2 is 2.05 bits per heavy atom. The van der Waals surface area contributed by atoms with Gasteiger partial charge in [-0.05, 0) is 5.56 Å². The number of Topliss-reactive ketones (excluding diaryl/α,β-unsaturated/α-hetero) is 1. The molecule has 0 spiro atoms. The van der Waals surface area contributed by atoms with Gasteiger partial charge >= 0.3 is 0 Å². The molecule has 2 aliphatic rings. The van der Waals surface area contributed by atoms with Crippen molar-refractivity contribution in [3.05, 3.63) is 46.6 Å². The highest BCUT2D eigenvalue weighted by atomic mass is 32.2. The molecule has 0 aliphatic carbocycles. The first-order valence-electron chi connectivity index (χ1n) is 6.00. The Bertz CT molecular complexity index is 556. The second-order valence-electron chi connectivity index (χ2n) is 4.36. The van der Waals surface area contributed by atoms with Crippen LogP contribution in [0.3, 0.4) is 0 Å². The molecule has 0 saturated heterocycles. The highest BCUT2D eigenvalue weighted by Crippen LogP contribution is 2.31. The van der Waals surface area contributed by atoms with Crippen LogP contribution in [0, 0.1) is 0 Å². The van der Waals surface area contributed by atoms with E-state index in [-0.39, 0.29) is 23.6 Å². The lowest BCUT2D eigenvalue weighted by atomic mass is 10.2. The Morgan fingerprint density at radius 3 is 2.84 bits per heavy atom. The van der Waals surface area contributed by atoms with Gasteiger partial charge in [-0.15, -0.1) is 0 Å². The van der Waals surface area contributed by atoms with Crippen LogP contribution in [0.25, 0.3) is 0 Å². The highest BCUT2D eigenvalue weighted by molar-refractivity contribution is 8.04. The number of thioether (sulfide) groups is 1. The van der Waals surface area contributed by atoms with Gasteiger partial charge < -0.3 is 10.6 Å². The molecule has 98 valence electrons. The lowest BCUT2D eigenvalue weighted by Gasteiger charge is -2.15. The molecule has 0 radical (unpaired) electrons. The van der Waals surface area contributed by atoms with Crippen LogP contribution in [0.1, 0.15) is 12.0 Å². The number of carbonyl (C=O) groups excluding carboxylic acids is 2. The van der Waals surface area contributed by atoms with Gasteiger partial charge in [0.2, 0.25) is 5.91 Å². The summed E-state index contributed by atoms with van der Waals surface area (Å²) in [5.74, 6) is 0.178. The Hall–Kier alpha value is -1.79. The number of allylic oxidation sites excluding steroid dienone is 1. The number of benzene rings is 1.